The summed E-state index contributed by atoms with van der Waals surface area (Å²) in [5.41, 5.74) is 1.32. The van der Waals surface area contributed by atoms with Crippen LogP contribution in [0.4, 0.5) is 11.6 Å². The Labute approximate surface area is 148 Å². The number of fused-ring (bicyclic) bond motifs is 1. The molecule has 0 bridgehead atoms. The topological polar surface area (TPSA) is 92.7 Å². The van der Waals surface area contributed by atoms with Gasteiger partial charge in [0.1, 0.15) is 5.52 Å². The van der Waals surface area contributed by atoms with E-state index in [9.17, 15) is 9.59 Å². The number of hydrogen-bond donors (Lipinski definition) is 2. The number of rotatable bonds is 3. The van der Waals surface area contributed by atoms with Crippen LogP contribution in [0, 0.1) is 6.92 Å². The molecule has 26 heavy (non-hydrogen) atoms. The first-order valence-electron chi connectivity index (χ1n) is 8.04. The van der Waals surface area contributed by atoms with Gasteiger partial charge < -0.3 is 10.3 Å². The fraction of sp³-hybridized carbons (Fsp3) is 0.0526. The number of aryl methyl sites for hydroxylation is 1. The highest BCUT2D eigenvalue weighted by molar-refractivity contribution is 5.76. The third-order valence-corrected chi connectivity index (χ3v) is 3.96. The van der Waals surface area contributed by atoms with Crippen molar-refractivity contribution in [3.63, 3.8) is 0 Å². The van der Waals surface area contributed by atoms with E-state index >= 15 is 0 Å². The summed E-state index contributed by atoms with van der Waals surface area (Å²) < 4.78 is 1.30. The highest BCUT2D eigenvalue weighted by atomic mass is 16.2. The van der Waals surface area contributed by atoms with Gasteiger partial charge in [0.25, 0.3) is 0 Å². The predicted molar refractivity (Wildman–Crippen MR) is 100 cm³/mol. The molecule has 0 aliphatic carbocycles. The molecule has 0 unspecified atom stereocenters. The Morgan fingerprint density at radius 2 is 1.58 bits per heavy atom. The Morgan fingerprint density at radius 3 is 2.27 bits per heavy atom. The Hall–Kier alpha value is -3.74. The molecule has 0 spiro atoms. The first-order valence-corrected chi connectivity index (χ1v) is 8.04. The van der Waals surface area contributed by atoms with Gasteiger partial charge in [-0.1, -0.05) is 36.4 Å². The van der Waals surface area contributed by atoms with Gasteiger partial charge >= 0.3 is 11.1 Å². The van der Waals surface area contributed by atoms with Crippen molar-refractivity contribution in [2.24, 2.45) is 0 Å². The second-order valence-electron chi connectivity index (χ2n) is 5.75. The van der Waals surface area contributed by atoms with Gasteiger partial charge in [-0.05, 0) is 31.2 Å². The SMILES string of the molecule is Cc1nc(Nc2ccccc2)nc2c1[nH]c(=O)c(=O)n2-c1ccccc1. The minimum absolute atomic E-state index is 0.340. The molecule has 0 atom stereocenters. The second-order valence-corrected chi connectivity index (χ2v) is 5.75. The minimum Gasteiger partial charge on any atom is -0.324 e. The highest BCUT2D eigenvalue weighted by Gasteiger charge is 2.14. The van der Waals surface area contributed by atoms with Crippen LogP contribution >= 0.6 is 0 Å². The van der Waals surface area contributed by atoms with E-state index in [-0.39, 0.29) is 0 Å². The molecule has 4 aromatic rings. The zero-order valence-corrected chi connectivity index (χ0v) is 13.9. The average Bonchev–Trinajstić information content (AvgIpc) is 2.65. The van der Waals surface area contributed by atoms with Crippen LogP contribution in [0.3, 0.4) is 0 Å². The molecule has 0 radical (unpaired) electrons. The molecule has 0 saturated heterocycles. The Morgan fingerprint density at radius 1 is 0.923 bits per heavy atom. The second kappa shape index (κ2) is 6.29. The number of para-hydroxylation sites is 2. The van der Waals surface area contributed by atoms with Crippen LogP contribution in [-0.2, 0) is 0 Å². The summed E-state index contributed by atoms with van der Waals surface area (Å²) in [5.74, 6) is 0.345. The molecule has 2 heterocycles. The molecule has 4 rings (SSSR count). The molecule has 0 fully saturated rings. The molecule has 0 amide bonds. The van der Waals surface area contributed by atoms with Crippen LogP contribution in [0.5, 0.6) is 0 Å². The largest absolute Gasteiger partial charge is 0.324 e. The van der Waals surface area contributed by atoms with E-state index in [0.29, 0.717) is 28.5 Å². The molecule has 2 aromatic carbocycles. The monoisotopic (exact) mass is 345 g/mol. The Bertz CT molecular complexity index is 1200. The van der Waals surface area contributed by atoms with E-state index < -0.39 is 11.1 Å². The first-order chi connectivity index (χ1) is 12.6. The molecule has 2 aromatic heterocycles. The number of benzene rings is 2. The lowest BCUT2D eigenvalue weighted by molar-refractivity contribution is 0.947. The molecule has 7 heteroatoms. The van der Waals surface area contributed by atoms with Crippen molar-refractivity contribution in [3.8, 4) is 5.69 Å². The molecule has 0 aliphatic rings. The molecule has 0 aliphatic heterocycles. The van der Waals surface area contributed by atoms with Gasteiger partial charge in [-0.2, -0.15) is 4.98 Å². The van der Waals surface area contributed by atoms with Gasteiger partial charge in [-0.3, -0.25) is 14.2 Å². The van der Waals surface area contributed by atoms with E-state index in [1.807, 2.05) is 36.4 Å². The van der Waals surface area contributed by atoms with Crippen LogP contribution in [0.25, 0.3) is 16.9 Å². The maximum absolute atomic E-state index is 12.5. The van der Waals surface area contributed by atoms with Crippen molar-refractivity contribution in [1.29, 1.82) is 0 Å². The van der Waals surface area contributed by atoms with Gasteiger partial charge in [0.05, 0.1) is 11.4 Å². The van der Waals surface area contributed by atoms with Crippen molar-refractivity contribution >= 4 is 22.8 Å². The van der Waals surface area contributed by atoms with Gasteiger partial charge in [-0.15, -0.1) is 0 Å². The van der Waals surface area contributed by atoms with Crippen molar-refractivity contribution in [1.82, 2.24) is 19.5 Å². The lowest BCUT2D eigenvalue weighted by Gasteiger charge is -2.12. The summed E-state index contributed by atoms with van der Waals surface area (Å²) in [6, 6.07) is 18.4. The summed E-state index contributed by atoms with van der Waals surface area (Å²) in [6.45, 7) is 1.76. The van der Waals surface area contributed by atoms with Gasteiger partial charge in [0.2, 0.25) is 5.95 Å². The number of hydrogen-bond acceptors (Lipinski definition) is 5. The van der Waals surface area contributed by atoms with E-state index in [4.69, 9.17) is 0 Å². The van der Waals surface area contributed by atoms with Gasteiger partial charge in [-0.25, -0.2) is 4.98 Å². The number of H-pyrrole nitrogens is 1. The fourth-order valence-corrected chi connectivity index (χ4v) is 2.75. The van der Waals surface area contributed by atoms with E-state index in [1.165, 1.54) is 4.57 Å². The van der Waals surface area contributed by atoms with Crippen LogP contribution < -0.4 is 16.4 Å². The number of anilines is 2. The number of nitrogens with one attached hydrogen (secondary N) is 2. The molecular weight excluding hydrogens is 330 g/mol. The van der Waals surface area contributed by atoms with Crippen LogP contribution in [0.15, 0.2) is 70.3 Å². The Balaban J connectivity index is 1.99. The molecule has 7 nitrogen and oxygen atoms in total. The first kappa shape index (κ1) is 15.8. The van der Waals surface area contributed by atoms with E-state index in [2.05, 4.69) is 20.3 Å². The quantitative estimate of drug-likeness (QED) is 0.557. The smallest absolute Gasteiger partial charge is 0.322 e. The van der Waals surface area contributed by atoms with Crippen LogP contribution in [-0.4, -0.2) is 19.5 Å². The van der Waals surface area contributed by atoms with Crippen molar-refractivity contribution in [2.75, 3.05) is 5.32 Å². The zero-order chi connectivity index (χ0) is 18.1. The maximum Gasteiger partial charge on any atom is 0.322 e. The fourth-order valence-electron chi connectivity index (χ4n) is 2.75. The van der Waals surface area contributed by atoms with Crippen LogP contribution in [0.2, 0.25) is 0 Å². The highest BCUT2D eigenvalue weighted by Crippen LogP contribution is 2.18. The Kier molecular flexibility index (Phi) is 3.81. The summed E-state index contributed by atoms with van der Waals surface area (Å²) in [5, 5.41) is 3.12. The number of nitrogens with zero attached hydrogens (tertiary/aromatic N) is 3. The van der Waals surface area contributed by atoms with Gasteiger partial charge in [0.15, 0.2) is 5.65 Å². The standard InChI is InChI=1S/C19H15N5O2/c1-12-15-16(23-19(20-12)21-13-8-4-2-5-9-13)24(18(26)17(25)22-15)14-10-6-3-7-11-14/h2-11H,1H3,(H,22,25)(H,20,21,23). The number of aromatic nitrogens is 4. The average molecular weight is 345 g/mol. The van der Waals surface area contributed by atoms with Crippen molar-refractivity contribution in [2.45, 2.75) is 6.92 Å². The van der Waals surface area contributed by atoms with Crippen LogP contribution in [0.1, 0.15) is 5.69 Å². The predicted octanol–water partition coefficient (Wildman–Crippen LogP) is 2.52. The summed E-state index contributed by atoms with van der Waals surface area (Å²) in [4.78, 5) is 36.1. The van der Waals surface area contributed by atoms with Crippen molar-refractivity contribution in [3.05, 3.63) is 87.1 Å². The number of aromatic amines is 1. The van der Waals surface area contributed by atoms with Crippen molar-refractivity contribution < 1.29 is 0 Å². The zero-order valence-electron chi connectivity index (χ0n) is 13.9. The molecule has 0 saturated carbocycles. The normalized spacial score (nSPS) is 10.8. The minimum atomic E-state index is -0.711. The van der Waals surface area contributed by atoms with E-state index in [1.54, 1.807) is 31.2 Å². The summed E-state index contributed by atoms with van der Waals surface area (Å²) >= 11 is 0. The molecule has 128 valence electrons. The lowest BCUT2D eigenvalue weighted by Crippen LogP contribution is -2.36. The maximum atomic E-state index is 12.5. The molecule has 2 N–H and O–H groups in total. The third-order valence-electron chi connectivity index (χ3n) is 3.96. The van der Waals surface area contributed by atoms with E-state index in [0.717, 1.165) is 5.69 Å². The molecular formula is C19H15N5O2. The summed E-state index contributed by atoms with van der Waals surface area (Å²) in [6.07, 6.45) is 0. The lowest BCUT2D eigenvalue weighted by atomic mass is 10.3. The summed E-state index contributed by atoms with van der Waals surface area (Å²) in [7, 11) is 0. The van der Waals surface area contributed by atoms with Gasteiger partial charge in [0, 0.05) is 5.69 Å². The third kappa shape index (κ3) is 2.75.